The maximum absolute atomic E-state index is 12.0. The second kappa shape index (κ2) is 5.62. The summed E-state index contributed by atoms with van der Waals surface area (Å²) >= 11 is 11.8. The van der Waals surface area contributed by atoms with Gasteiger partial charge >= 0.3 is 5.97 Å². The average molecular weight is 316 g/mol. The Bertz CT molecular complexity index is 528. The summed E-state index contributed by atoms with van der Waals surface area (Å²) in [5.74, 6) is -0.759. The molecule has 1 aromatic carbocycles. The largest absolute Gasteiger partial charge is 0.465 e. The summed E-state index contributed by atoms with van der Waals surface area (Å²) in [5.41, 5.74) is 1.40. The van der Waals surface area contributed by atoms with Crippen molar-refractivity contribution in [2.24, 2.45) is 5.92 Å². The molecule has 20 heavy (non-hydrogen) atoms. The molecule has 0 N–H and O–H groups in total. The molecule has 0 saturated heterocycles. The number of alkyl halides is 2. The molecule has 4 nitrogen and oxygen atoms in total. The van der Waals surface area contributed by atoms with Crippen LogP contribution in [-0.4, -0.2) is 35.3 Å². The van der Waals surface area contributed by atoms with Crippen LogP contribution in [0, 0.1) is 5.92 Å². The summed E-state index contributed by atoms with van der Waals surface area (Å²) in [7, 11) is 3.04. The third kappa shape index (κ3) is 3.25. The van der Waals surface area contributed by atoms with E-state index in [9.17, 15) is 9.59 Å². The number of rotatable bonds is 4. The third-order valence-corrected chi connectivity index (χ3v) is 4.13. The van der Waals surface area contributed by atoms with E-state index in [0.717, 1.165) is 5.56 Å². The second-order valence-electron chi connectivity index (χ2n) is 4.90. The lowest BCUT2D eigenvalue weighted by atomic mass is 10.1. The van der Waals surface area contributed by atoms with Gasteiger partial charge < -0.3 is 9.64 Å². The minimum atomic E-state index is -0.903. The molecule has 0 spiro atoms. The van der Waals surface area contributed by atoms with Crippen LogP contribution in [0.25, 0.3) is 0 Å². The molecule has 0 aromatic heterocycles. The van der Waals surface area contributed by atoms with Gasteiger partial charge in [0.15, 0.2) is 0 Å². The number of carbonyl (C=O) groups excluding carboxylic acids is 2. The number of carbonyl (C=O) groups is 2. The van der Waals surface area contributed by atoms with Gasteiger partial charge in [-0.1, -0.05) is 12.1 Å². The number of ether oxygens (including phenoxy) is 1. The Hall–Kier alpha value is -1.26. The summed E-state index contributed by atoms with van der Waals surface area (Å²) in [6.07, 6.45) is 0.501. The number of benzene rings is 1. The number of halogens is 2. The standard InChI is InChI=1S/C14H15Cl2NO3/c1-17(12(18)11-7-14(11,15)16)8-9-3-5-10(6-4-9)13(19)20-2/h3-6,11H,7-8H2,1-2H3. The smallest absolute Gasteiger partial charge is 0.337 e. The topological polar surface area (TPSA) is 46.6 Å². The van der Waals surface area contributed by atoms with E-state index in [1.54, 1.807) is 36.2 Å². The van der Waals surface area contributed by atoms with E-state index in [2.05, 4.69) is 4.74 Å². The minimum Gasteiger partial charge on any atom is -0.465 e. The monoisotopic (exact) mass is 315 g/mol. The normalized spacial score (nSPS) is 19.3. The zero-order chi connectivity index (χ0) is 14.9. The lowest BCUT2D eigenvalue weighted by Crippen LogP contribution is -2.29. The molecule has 2 rings (SSSR count). The molecule has 0 radical (unpaired) electrons. The molecule has 0 heterocycles. The Morgan fingerprint density at radius 2 is 1.90 bits per heavy atom. The molecule has 1 saturated carbocycles. The summed E-state index contributed by atoms with van der Waals surface area (Å²) in [4.78, 5) is 24.9. The lowest BCUT2D eigenvalue weighted by Gasteiger charge is -2.17. The van der Waals surface area contributed by atoms with E-state index in [4.69, 9.17) is 23.2 Å². The van der Waals surface area contributed by atoms with E-state index in [0.29, 0.717) is 18.5 Å². The summed E-state index contributed by atoms with van der Waals surface area (Å²) in [5, 5.41) is 0. The van der Waals surface area contributed by atoms with Gasteiger partial charge in [0.1, 0.15) is 4.33 Å². The fraction of sp³-hybridized carbons (Fsp3) is 0.429. The molecule has 6 heteroatoms. The first-order valence-corrected chi connectivity index (χ1v) is 6.91. The van der Waals surface area contributed by atoms with Crippen molar-refractivity contribution in [3.05, 3.63) is 35.4 Å². The first-order valence-electron chi connectivity index (χ1n) is 6.15. The first-order chi connectivity index (χ1) is 9.35. The fourth-order valence-corrected chi connectivity index (χ4v) is 2.46. The number of hydrogen-bond acceptors (Lipinski definition) is 3. The highest BCUT2D eigenvalue weighted by molar-refractivity contribution is 6.52. The Kier molecular flexibility index (Phi) is 4.25. The molecule has 1 aromatic rings. The summed E-state index contributed by atoms with van der Waals surface area (Å²) < 4.78 is 3.72. The van der Waals surface area contributed by atoms with Gasteiger partial charge in [0.05, 0.1) is 18.6 Å². The van der Waals surface area contributed by atoms with E-state index >= 15 is 0 Å². The summed E-state index contributed by atoms with van der Waals surface area (Å²) in [6.45, 7) is 0.445. The van der Waals surface area contributed by atoms with Crippen LogP contribution in [0.5, 0.6) is 0 Å². The van der Waals surface area contributed by atoms with Crippen LogP contribution in [0.4, 0.5) is 0 Å². The van der Waals surface area contributed by atoms with Crippen molar-refractivity contribution in [3.63, 3.8) is 0 Å². The van der Waals surface area contributed by atoms with Crippen molar-refractivity contribution >= 4 is 35.1 Å². The van der Waals surface area contributed by atoms with Crippen molar-refractivity contribution in [2.75, 3.05) is 14.2 Å². The Balaban J connectivity index is 1.96. The average Bonchev–Trinajstić information content (AvgIpc) is 3.06. The van der Waals surface area contributed by atoms with E-state index in [1.165, 1.54) is 7.11 Å². The first kappa shape index (κ1) is 15.1. The third-order valence-electron chi connectivity index (χ3n) is 3.30. The van der Waals surface area contributed by atoms with E-state index in [1.807, 2.05) is 0 Å². The molecule has 1 aliphatic carbocycles. The van der Waals surface area contributed by atoms with Gasteiger partial charge in [-0.2, -0.15) is 0 Å². The Morgan fingerprint density at radius 3 is 2.35 bits per heavy atom. The molecule has 0 bridgehead atoms. The van der Waals surface area contributed by atoms with Crippen molar-refractivity contribution < 1.29 is 14.3 Å². The van der Waals surface area contributed by atoms with Gasteiger partial charge in [0, 0.05) is 13.6 Å². The maximum atomic E-state index is 12.0. The highest BCUT2D eigenvalue weighted by Crippen LogP contribution is 2.53. The number of methoxy groups -OCH3 is 1. The number of hydrogen-bond donors (Lipinski definition) is 0. The SMILES string of the molecule is COC(=O)c1ccc(CN(C)C(=O)C2CC2(Cl)Cl)cc1. The van der Waals surface area contributed by atoms with Crippen LogP contribution in [0.15, 0.2) is 24.3 Å². The van der Waals surface area contributed by atoms with Crippen LogP contribution >= 0.6 is 23.2 Å². The van der Waals surface area contributed by atoms with Crippen LogP contribution in [0.1, 0.15) is 22.3 Å². The Labute approximate surface area is 127 Å². The predicted octanol–water partition coefficient (Wildman–Crippen LogP) is 2.63. The van der Waals surface area contributed by atoms with Crippen molar-refractivity contribution in [1.29, 1.82) is 0 Å². The minimum absolute atomic E-state index is 0.0629. The predicted molar refractivity (Wildman–Crippen MR) is 76.8 cm³/mol. The molecular formula is C14H15Cl2NO3. The van der Waals surface area contributed by atoms with Gasteiger partial charge in [-0.15, -0.1) is 23.2 Å². The van der Waals surface area contributed by atoms with Gasteiger partial charge in [-0.3, -0.25) is 4.79 Å². The van der Waals surface area contributed by atoms with Gasteiger partial charge in [-0.25, -0.2) is 4.79 Å². The zero-order valence-electron chi connectivity index (χ0n) is 11.2. The van der Waals surface area contributed by atoms with Crippen molar-refractivity contribution in [2.45, 2.75) is 17.3 Å². The highest BCUT2D eigenvalue weighted by atomic mass is 35.5. The number of nitrogens with zero attached hydrogens (tertiary/aromatic N) is 1. The molecular weight excluding hydrogens is 301 g/mol. The molecule has 1 amide bonds. The number of amides is 1. The van der Waals surface area contributed by atoms with Crippen molar-refractivity contribution in [3.8, 4) is 0 Å². The number of esters is 1. The molecule has 1 unspecified atom stereocenters. The van der Waals surface area contributed by atoms with E-state index < -0.39 is 4.33 Å². The molecule has 0 aliphatic heterocycles. The van der Waals surface area contributed by atoms with Crippen LogP contribution in [-0.2, 0) is 16.1 Å². The Morgan fingerprint density at radius 1 is 1.35 bits per heavy atom. The van der Waals surface area contributed by atoms with Gasteiger partial charge in [0.25, 0.3) is 0 Å². The quantitative estimate of drug-likeness (QED) is 0.634. The van der Waals surface area contributed by atoms with Crippen molar-refractivity contribution in [1.82, 2.24) is 4.90 Å². The van der Waals surface area contributed by atoms with Gasteiger partial charge in [0.2, 0.25) is 5.91 Å². The lowest BCUT2D eigenvalue weighted by molar-refractivity contribution is -0.131. The van der Waals surface area contributed by atoms with Gasteiger partial charge in [-0.05, 0) is 24.1 Å². The fourth-order valence-electron chi connectivity index (χ4n) is 1.96. The molecule has 108 valence electrons. The molecule has 1 aliphatic rings. The second-order valence-corrected chi connectivity index (χ2v) is 6.44. The zero-order valence-corrected chi connectivity index (χ0v) is 12.7. The maximum Gasteiger partial charge on any atom is 0.337 e. The highest BCUT2D eigenvalue weighted by Gasteiger charge is 2.57. The van der Waals surface area contributed by atoms with E-state index in [-0.39, 0.29) is 17.8 Å². The van der Waals surface area contributed by atoms with Crippen LogP contribution < -0.4 is 0 Å². The van der Waals surface area contributed by atoms with Crippen LogP contribution in [0.2, 0.25) is 0 Å². The summed E-state index contributed by atoms with van der Waals surface area (Å²) in [6, 6.07) is 6.92. The molecule has 1 atom stereocenters. The van der Waals surface area contributed by atoms with Crippen LogP contribution in [0.3, 0.4) is 0 Å². The molecule has 1 fully saturated rings.